The molecule has 1 atom stereocenters. The molecular weight excluding hydrogens is 302 g/mol. The molecule has 0 aliphatic carbocycles. The van der Waals surface area contributed by atoms with E-state index in [-0.39, 0.29) is 12.5 Å². The van der Waals surface area contributed by atoms with Crippen LogP contribution in [0.15, 0.2) is 24.3 Å². The lowest BCUT2D eigenvalue weighted by atomic mass is 10.2. The standard InChI is InChI=1S/C12H14BrNO4/c1-17-9-5-3-4-8(6-9)11(15)14-7-10(13)12(16)18-2/h3-6,10H,7H2,1-2H3,(H,14,15). The van der Waals surface area contributed by atoms with Gasteiger partial charge in [0.1, 0.15) is 10.6 Å². The minimum absolute atomic E-state index is 0.155. The number of esters is 1. The van der Waals surface area contributed by atoms with Gasteiger partial charge in [-0.05, 0) is 18.2 Å². The van der Waals surface area contributed by atoms with E-state index in [1.165, 1.54) is 14.2 Å². The van der Waals surface area contributed by atoms with Crippen LogP contribution in [-0.2, 0) is 9.53 Å². The Kier molecular flexibility index (Phi) is 5.64. The van der Waals surface area contributed by atoms with Crippen LogP contribution in [0.25, 0.3) is 0 Å². The fraction of sp³-hybridized carbons (Fsp3) is 0.333. The fourth-order valence-corrected chi connectivity index (χ4v) is 1.61. The third kappa shape index (κ3) is 4.03. The molecule has 5 nitrogen and oxygen atoms in total. The Hall–Kier alpha value is -1.56. The Morgan fingerprint density at radius 2 is 2.11 bits per heavy atom. The van der Waals surface area contributed by atoms with E-state index >= 15 is 0 Å². The summed E-state index contributed by atoms with van der Waals surface area (Å²) in [5, 5.41) is 2.62. The average Bonchev–Trinajstić information content (AvgIpc) is 2.43. The first-order valence-electron chi connectivity index (χ1n) is 5.22. The Balaban J connectivity index is 2.57. The molecule has 1 N–H and O–H groups in total. The minimum Gasteiger partial charge on any atom is -0.497 e. The largest absolute Gasteiger partial charge is 0.497 e. The van der Waals surface area contributed by atoms with Crippen molar-refractivity contribution in [2.45, 2.75) is 4.83 Å². The van der Waals surface area contributed by atoms with Gasteiger partial charge in [0.15, 0.2) is 0 Å². The molecule has 0 heterocycles. The molecule has 1 aromatic carbocycles. The Labute approximate surface area is 114 Å². The first kappa shape index (κ1) is 14.5. The fourth-order valence-electron chi connectivity index (χ4n) is 1.26. The van der Waals surface area contributed by atoms with Gasteiger partial charge in [-0.2, -0.15) is 0 Å². The summed E-state index contributed by atoms with van der Waals surface area (Å²) in [5.74, 6) is -0.103. The van der Waals surface area contributed by atoms with Crippen LogP contribution in [0.5, 0.6) is 5.75 Å². The molecule has 18 heavy (non-hydrogen) atoms. The Morgan fingerprint density at radius 3 is 2.72 bits per heavy atom. The summed E-state index contributed by atoms with van der Waals surface area (Å²) in [6.07, 6.45) is 0. The zero-order valence-corrected chi connectivity index (χ0v) is 11.7. The van der Waals surface area contributed by atoms with E-state index in [1.807, 2.05) is 0 Å². The lowest BCUT2D eigenvalue weighted by molar-refractivity contribution is -0.139. The number of rotatable bonds is 5. The van der Waals surface area contributed by atoms with Crippen LogP contribution in [0.1, 0.15) is 10.4 Å². The first-order valence-corrected chi connectivity index (χ1v) is 6.14. The number of methoxy groups -OCH3 is 2. The molecule has 98 valence electrons. The van der Waals surface area contributed by atoms with Gasteiger partial charge in [0, 0.05) is 12.1 Å². The summed E-state index contributed by atoms with van der Waals surface area (Å²) in [6.45, 7) is 0.155. The number of nitrogens with one attached hydrogen (secondary N) is 1. The molecule has 0 saturated heterocycles. The maximum Gasteiger partial charge on any atom is 0.321 e. The van der Waals surface area contributed by atoms with Gasteiger partial charge in [0.25, 0.3) is 5.91 Å². The first-order chi connectivity index (χ1) is 8.58. The number of carbonyl (C=O) groups is 2. The van der Waals surface area contributed by atoms with E-state index < -0.39 is 10.8 Å². The van der Waals surface area contributed by atoms with Gasteiger partial charge in [-0.25, -0.2) is 0 Å². The number of hydrogen-bond donors (Lipinski definition) is 1. The quantitative estimate of drug-likeness (QED) is 0.658. The molecule has 0 fully saturated rings. The van der Waals surface area contributed by atoms with Gasteiger partial charge in [0.2, 0.25) is 0 Å². The summed E-state index contributed by atoms with van der Waals surface area (Å²) < 4.78 is 9.55. The summed E-state index contributed by atoms with van der Waals surface area (Å²) in [5.41, 5.74) is 0.471. The lowest BCUT2D eigenvalue weighted by Crippen LogP contribution is -2.33. The topological polar surface area (TPSA) is 64.6 Å². The van der Waals surface area contributed by atoms with Crippen molar-refractivity contribution in [2.75, 3.05) is 20.8 Å². The second-order valence-corrected chi connectivity index (χ2v) is 4.54. The van der Waals surface area contributed by atoms with Crippen molar-refractivity contribution >= 4 is 27.8 Å². The van der Waals surface area contributed by atoms with Gasteiger partial charge < -0.3 is 14.8 Å². The highest BCUT2D eigenvalue weighted by Crippen LogP contribution is 2.12. The highest BCUT2D eigenvalue weighted by Gasteiger charge is 2.16. The Morgan fingerprint density at radius 1 is 1.39 bits per heavy atom. The second kappa shape index (κ2) is 7.00. The number of alkyl halides is 1. The molecule has 1 rings (SSSR count). The summed E-state index contributed by atoms with van der Waals surface area (Å²) in [4.78, 5) is 22.4. The van der Waals surface area contributed by atoms with E-state index in [4.69, 9.17) is 4.74 Å². The molecule has 0 spiro atoms. The molecule has 1 amide bonds. The van der Waals surface area contributed by atoms with Crippen molar-refractivity contribution in [3.63, 3.8) is 0 Å². The van der Waals surface area contributed by atoms with Crippen molar-refractivity contribution in [3.8, 4) is 5.75 Å². The van der Waals surface area contributed by atoms with Crippen LogP contribution < -0.4 is 10.1 Å². The number of ether oxygens (including phenoxy) is 2. The summed E-state index contributed by atoms with van der Waals surface area (Å²) in [6, 6.07) is 6.76. The smallest absolute Gasteiger partial charge is 0.321 e. The Bertz CT molecular complexity index is 436. The van der Waals surface area contributed by atoms with E-state index in [0.29, 0.717) is 11.3 Å². The molecular formula is C12H14BrNO4. The van der Waals surface area contributed by atoms with E-state index in [0.717, 1.165) is 0 Å². The zero-order valence-electron chi connectivity index (χ0n) is 10.1. The van der Waals surface area contributed by atoms with Crippen LogP contribution >= 0.6 is 15.9 Å². The number of hydrogen-bond acceptors (Lipinski definition) is 4. The molecule has 0 aliphatic rings. The molecule has 0 radical (unpaired) electrons. The maximum atomic E-state index is 11.8. The minimum atomic E-state index is -0.558. The van der Waals surface area contributed by atoms with Crippen molar-refractivity contribution in [3.05, 3.63) is 29.8 Å². The molecule has 1 unspecified atom stereocenters. The van der Waals surface area contributed by atoms with E-state index in [1.54, 1.807) is 24.3 Å². The SMILES string of the molecule is COC(=O)C(Br)CNC(=O)c1cccc(OC)c1. The number of halogens is 1. The summed E-state index contributed by atoms with van der Waals surface area (Å²) >= 11 is 3.12. The van der Waals surface area contributed by atoms with Crippen LogP contribution in [0.4, 0.5) is 0 Å². The molecule has 1 aromatic rings. The third-order valence-electron chi connectivity index (χ3n) is 2.23. The van der Waals surface area contributed by atoms with Crippen molar-refractivity contribution in [2.24, 2.45) is 0 Å². The number of amides is 1. The monoisotopic (exact) mass is 315 g/mol. The second-order valence-electron chi connectivity index (χ2n) is 3.43. The van der Waals surface area contributed by atoms with Gasteiger partial charge in [-0.1, -0.05) is 22.0 Å². The van der Waals surface area contributed by atoms with Crippen LogP contribution in [0.3, 0.4) is 0 Å². The lowest BCUT2D eigenvalue weighted by Gasteiger charge is -2.09. The maximum absolute atomic E-state index is 11.8. The highest BCUT2D eigenvalue weighted by atomic mass is 79.9. The van der Waals surface area contributed by atoms with Gasteiger partial charge in [-0.15, -0.1) is 0 Å². The van der Waals surface area contributed by atoms with E-state index in [9.17, 15) is 9.59 Å². The van der Waals surface area contributed by atoms with Crippen molar-refractivity contribution in [1.82, 2.24) is 5.32 Å². The number of carbonyl (C=O) groups excluding carboxylic acids is 2. The highest BCUT2D eigenvalue weighted by molar-refractivity contribution is 9.10. The zero-order chi connectivity index (χ0) is 13.5. The molecule has 0 saturated carbocycles. The van der Waals surface area contributed by atoms with Crippen molar-refractivity contribution < 1.29 is 19.1 Å². The van der Waals surface area contributed by atoms with Crippen LogP contribution in [0.2, 0.25) is 0 Å². The van der Waals surface area contributed by atoms with Gasteiger partial charge >= 0.3 is 5.97 Å². The molecule has 0 aromatic heterocycles. The predicted octanol–water partition coefficient (Wildman–Crippen LogP) is 1.36. The molecule has 6 heteroatoms. The van der Waals surface area contributed by atoms with E-state index in [2.05, 4.69) is 26.0 Å². The van der Waals surface area contributed by atoms with Crippen LogP contribution in [0, 0.1) is 0 Å². The average molecular weight is 316 g/mol. The normalized spacial score (nSPS) is 11.5. The molecule has 0 bridgehead atoms. The van der Waals surface area contributed by atoms with Gasteiger partial charge in [0.05, 0.1) is 14.2 Å². The van der Waals surface area contributed by atoms with Gasteiger partial charge in [-0.3, -0.25) is 9.59 Å². The number of benzene rings is 1. The summed E-state index contributed by atoms with van der Waals surface area (Å²) in [7, 11) is 2.82. The molecule has 0 aliphatic heterocycles. The third-order valence-corrected chi connectivity index (χ3v) is 2.93. The predicted molar refractivity (Wildman–Crippen MR) is 70.1 cm³/mol. The van der Waals surface area contributed by atoms with Crippen molar-refractivity contribution in [1.29, 1.82) is 0 Å². The van der Waals surface area contributed by atoms with Crippen LogP contribution in [-0.4, -0.2) is 37.5 Å².